The zero-order chi connectivity index (χ0) is 16.0. The summed E-state index contributed by atoms with van der Waals surface area (Å²) < 4.78 is 34.1. The Morgan fingerprint density at radius 2 is 1.73 bits per heavy atom. The normalized spacial score (nSPS) is 22.3. The van der Waals surface area contributed by atoms with Gasteiger partial charge in [-0.3, -0.25) is 0 Å². The smallest absolute Gasteiger partial charge is 0.246 e. The van der Waals surface area contributed by atoms with E-state index in [0.717, 1.165) is 29.8 Å². The van der Waals surface area contributed by atoms with Gasteiger partial charge in [-0.25, -0.2) is 8.42 Å². The van der Waals surface area contributed by atoms with Crippen LogP contribution in [-0.4, -0.2) is 44.7 Å². The largest absolute Gasteiger partial charge is 0.358 e. The number of hydrogen-bond acceptors (Lipinski definition) is 4. The van der Waals surface area contributed by atoms with Crippen molar-refractivity contribution >= 4 is 10.0 Å². The van der Waals surface area contributed by atoms with E-state index >= 15 is 0 Å². The number of nitrogens with zero attached hydrogens (tertiary/aromatic N) is 1. The van der Waals surface area contributed by atoms with Gasteiger partial charge in [0.05, 0.1) is 11.5 Å². The first-order valence-corrected chi connectivity index (χ1v) is 9.26. The van der Waals surface area contributed by atoms with Crippen molar-refractivity contribution in [1.29, 1.82) is 0 Å². The summed E-state index contributed by atoms with van der Waals surface area (Å²) in [6.45, 7) is 8.23. The summed E-state index contributed by atoms with van der Waals surface area (Å²) in [5.74, 6) is 0. The second kappa shape index (κ2) is 5.60. The molecular formula is C16H24N2O3S. The second-order valence-corrected chi connectivity index (χ2v) is 8.15. The zero-order valence-electron chi connectivity index (χ0n) is 13.5. The lowest BCUT2D eigenvalue weighted by Gasteiger charge is -2.39. The Kier molecular flexibility index (Phi) is 4.05. The number of piperidine rings is 1. The molecule has 6 heteroatoms. The number of nitrogens with one attached hydrogen (secondary N) is 1. The molecule has 1 aromatic rings. The van der Waals surface area contributed by atoms with Crippen molar-refractivity contribution in [2.75, 3.05) is 26.2 Å². The van der Waals surface area contributed by atoms with Crippen molar-refractivity contribution < 1.29 is 13.2 Å². The molecule has 0 aromatic heterocycles. The van der Waals surface area contributed by atoms with Crippen LogP contribution in [0.25, 0.3) is 0 Å². The maximum atomic E-state index is 13.3. The number of hydrogen-bond donors (Lipinski definition) is 1. The van der Waals surface area contributed by atoms with Crippen molar-refractivity contribution in [3.63, 3.8) is 0 Å². The van der Waals surface area contributed by atoms with Gasteiger partial charge in [0.1, 0.15) is 5.72 Å². The van der Waals surface area contributed by atoms with E-state index in [0.29, 0.717) is 30.9 Å². The molecule has 0 atom stereocenters. The lowest BCUT2D eigenvalue weighted by Crippen LogP contribution is -2.54. The van der Waals surface area contributed by atoms with Gasteiger partial charge in [0.25, 0.3) is 0 Å². The van der Waals surface area contributed by atoms with Gasteiger partial charge in [0.2, 0.25) is 10.0 Å². The summed E-state index contributed by atoms with van der Waals surface area (Å²) in [7, 11) is -3.54. The van der Waals surface area contributed by atoms with E-state index in [1.54, 1.807) is 4.31 Å². The second-order valence-electron chi connectivity index (χ2n) is 6.35. The molecule has 2 saturated heterocycles. The highest BCUT2D eigenvalue weighted by molar-refractivity contribution is 7.89. The number of sulfonamides is 1. The van der Waals surface area contributed by atoms with Crippen LogP contribution in [0, 0.1) is 20.8 Å². The third-order valence-corrected chi connectivity index (χ3v) is 6.91. The summed E-state index contributed by atoms with van der Waals surface area (Å²) in [6.07, 6.45) is 1.41. The molecule has 2 aliphatic rings. The molecule has 122 valence electrons. The fraction of sp³-hybridized carbons (Fsp3) is 0.625. The molecule has 22 heavy (non-hydrogen) atoms. The van der Waals surface area contributed by atoms with Gasteiger partial charge in [0.15, 0.2) is 0 Å². The molecule has 1 spiro atoms. The summed E-state index contributed by atoms with van der Waals surface area (Å²) in [5.41, 5.74) is 2.05. The molecule has 1 aromatic carbocycles. The van der Waals surface area contributed by atoms with E-state index in [9.17, 15) is 8.42 Å². The first kappa shape index (κ1) is 15.9. The van der Waals surface area contributed by atoms with Crippen molar-refractivity contribution in [1.82, 2.24) is 9.62 Å². The Morgan fingerprint density at radius 1 is 1.14 bits per heavy atom. The zero-order valence-corrected chi connectivity index (χ0v) is 14.3. The van der Waals surface area contributed by atoms with Crippen LogP contribution in [0.3, 0.4) is 0 Å². The van der Waals surface area contributed by atoms with Crippen molar-refractivity contribution in [3.8, 4) is 0 Å². The van der Waals surface area contributed by atoms with E-state index in [2.05, 4.69) is 5.32 Å². The molecule has 2 aliphatic heterocycles. The van der Waals surface area contributed by atoms with Crippen LogP contribution in [0.4, 0.5) is 0 Å². The fourth-order valence-electron chi connectivity index (χ4n) is 3.83. The van der Waals surface area contributed by atoms with Gasteiger partial charge < -0.3 is 10.1 Å². The van der Waals surface area contributed by atoms with Gasteiger partial charge in [-0.1, -0.05) is 17.7 Å². The first-order valence-electron chi connectivity index (χ1n) is 7.82. The lowest BCUT2D eigenvalue weighted by molar-refractivity contribution is -0.0705. The van der Waals surface area contributed by atoms with Gasteiger partial charge in [-0.05, 0) is 45.0 Å². The molecule has 2 heterocycles. The van der Waals surface area contributed by atoms with Gasteiger partial charge >= 0.3 is 0 Å². The molecule has 0 aliphatic carbocycles. The number of ether oxygens (including phenoxy) is 1. The molecule has 0 radical (unpaired) electrons. The average Bonchev–Trinajstić information content (AvgIpc) is 2.82. The minimum atomic E-state index is -3.54. The van der Waals surface area contributed by atoms with Crippen LogP contribution < -0.4 is 5.32 Å². The van der Waals surface area contributed by atoms with E-state index < -0.39 is 15.7 Å². The van der Waals surface area contributed by atoms with Crippen LogP contribution in [0.15, 0.2) is 17.0 Å². The SMILES string of the molecule is Cc1cc(C)c(S(=O)(=O)N2CCOC23CCNCC3)c(C)c1. The molecule has 5 nitrogen and oxygen atoms in total. The Morgan fingerprint density at radius 3 is 2.32 bits per heavy atom. The summed E-state index contributed by atoms with van der Waals surface area (Å²) in [5, 5.41) is 3.28. The van der Waals surface area contributed by atoms with Gasteiger partial charge in [-0.2, -0.15) is 4.31 Å². The Bertz CT molecular complexity index is 656. The van der Waals surface area contributed by atoms with E-state index in [1.165, 1.54) is 0 Å². The highest BCUT2D eigenvalue weighted by atomic mass is 32.2. The van der Waals surface area contributed by atoms with Crippen LogP contribution >= 0.6 is 0 Å². The number of aryl methyl sites for hydroxylation is 3. The predicted molar refractivity (Wildman–Crippen MR) is 85.3 cm³/mol. The molecule has 0 unspecified atom stereocenters. The van der Waals surface area contributed by atoms with Crippen molar-refractivity contribution in [3.05, 3.63) is 28.8 Å². The molecule has 2 fully saturated rings. The monoisotopic (exact) mass is 324 g/mol. The third-order valence-electron chi connectivity index (χ3n) is 4.66. The molecule has 0 amide bonds. The average molecular weight is 324 g/mol. The van der Waals surface area contributed by atoms with Crippen LogP contribution in [0.5, 0.6) is 0 Å². The maximum Gasteiger partial charge on any atom is 0.246 e. The quantitative estimate of drug-likeness (QED) is 0.900. The van der Waals surface area contributed by atoms with E-state index in [-0.39, 0.29) is 0 Å². The predicted octanol–water partition coefficient (Wildman–Crippen LogP) is 1.71. The summed E-state index contributed by atoms with van der Waals surface area (Å²) in [4.78, 5) is 0.446. The highest BCUT2D eigenvalue weighted by Crippen LogP contribution is 2.38. The van der Waals surface area contributed by atoms with Crippen LogP contribution in [-0.2, 0) is 14.8 Å². The van der Waals surface area contributed by atoms with Crippen molar-refractivity contribution in [2.45, 2.75) is 44.2 Å². The van der Waals surface area contributed by atoms with Gasteiger partial charge in [-0.15, -0.1) is 0 Å². The summed E-state index contributed by atoms with van der Waals surface area (Å²) in [6, 6.07) is 3.87. The lowest BCUT2D eigenvalue weighted by atomic mass is 10.0. The third kappa shape index (κ3) is 2.48. The first-order chi connectivity index (χ1) is 10.4. The minimum Gasteiger partial charge on any atom is -0.358 e. The summed E-state index contributed by atoms with van der Waals surface area (Å²) >= 11 is 0. The van der Waals surface area contributed by atoms with Crippen LogP contribution in [0.2, 0.25) is 0 Å². The van der Waals surface area contributed by atoms with E-state index in [4.69, 9.17) is 4.74 Å². The number of rotatable bonds is 2. The van der Waals surface area contributed by atoms with E-state index in [1.807, 2.05) is 32.9 Å². The molecule has 3 rings (SSSR count). The molecule has 0 bridgehead atoms. The molecule has 0 saturated carbocycles. The molecule has 1 N–H and O–H groups in total. The fourth-order valence-corrected chi connectivity index (χ4v) is 5.97. The topological polar surface area (TPSA) is 58.6 Å². The number of benzene rings is 1. The van der Waals surface area contributed by atoms with Crippen LogP contribution in [0.1, 0.15) is 29.5 Å². The Hall–Kier alpha value is -0.950. The Labute approximate surface area is 132 Å². The van der Waals surface area contributed by atoms with Crippen molar-refractivity contribution in [2.24, 2.45) is 0 Å². The maximum absolute atomic E-state index is 13.3. The molecular weight excluding hydrogens is 300 g/mol. The van der Waals surface area contributed by atoms with Gasteiger partial charge in [0, 0.05) is 19.4 Å². The minimum absolute atomic E-state index is 0.440. The highest BCUT2D eigenvalue weighted by Gasteiger charge is 2.49. The Balaban J connectivity index is 2.06. The standard InChI is InChI=1S/C16H24N2O3S/c1-12-10-13(2)15(14(3)11-12)22(19,20)18-8-9-21-16(18)4-6-17-7-5-16/h10-11,17H,4-9H2,1-3H3.